The highest BCUT2D eigenvalue weighted by Gasteiger charge is 2.31. The lowest BCUT2D eigenvalue weighted by Gasteiger charge is -2.24. The first kappa shape index (κ1) is 15.8. The minimum absolute atomic E-state index is 0.0531. The lowest BCUT2D eigenvalue weighted by atomic mass is 10.1. The molecule has 3 aromatic rings. The number of imidazole rings is 1. The van der Waals surface area contributed by atoms with Gasteiger partial charge in [-0.25, -0.2) is 0 Å². The molecule has 1 fully saturated rings. The minimum Gasteiger partial charge on any atom is -0.337 e. The fraction of sp³-hybridized carbons (Fsp3) is 0.211. The summed E-state index contributed by atoms with van der Waals surface area (Å²) in [6.07, 6.45) is 7.41. The predicted octanol–water partition coefficient (Wildman–Crippen LogP) is 3.91. The zero-order chi connectivity index (χ0) is 17.2. The number of H-pyrrole nitrogens is 1. The van der Waals surface area contributed by atoms with Gasteiger partial charge in [0.05, 0.1) is 11.7 Å². The molecule has 0 spiro atoms. The van der Waals surface area contributed by atoms with E-state index in [0.29, 0.717) is 10.3 Å². The van der Waals surface area contributed by atoms with Crippen LogP contribution >= 0.6 is 12.2 Å². The Bertz CT molecular complexity index is 930. The molecular formula is C19H18N4OS. The van der Waals surface area contributed by atoms with Gasteiger partial charge in [-0.15, -0.1) is 0 Å². The Kier molecular flexibility index (Phi) is 4.19. The van der Waals surface area contributed by atoms with Crippen LogP contribution in [0.4, 0.5) is 0 Å². The molecule has 1 amide bonds. The molecular weight excluding hydrogens is 332 g/mol. The van der Waals surface area contributed by atoms with Gasteiger partial charge in [0.2, 0.25) is 0 Å². The maximum absolute atomic E-state index is 13.0. The van der Waals surface area contributed by atoms with Gasteiger partial charge in [-0.1, -0.05) is 6.07 Å². The highest BCUT2D eigenvalue weighted by Crippen LogP contribution is 2.32. The van der Waals surface area contributed by atoms with Crippen LogP contribution in [-0.2, 0) is 0 Å². The molecule has 4 rings (SSSR count). The Morgan fingerprint density at radius 2 is 2.04 bits per heavy atom. The number of aromatic amines is 1. The Morgan fingerprint density at radius 1 is 1.20 bits per heavy atom. The molecule has 5 nitrogen and oxygen atoms in total. The van der Waals surface area contributed by atoms with Crippen LogP contribution in [0.25, 0.3) is 5.69 Å². The number of rotatable bonds is 3. The average molecular weight is 350 g/mol. The van der Waals surface area contributed by atoms with Crippen molar-refractivity contribution in [3.63, 3.8) is 0 Å². The van der Waals surface area contributed by atoms with Crippen LogP contribution in [0.5, 0.6) is 0 Å². The van der Waals surface area contributed by atoms with Gasteiger partial charge in [0.15, 0.2) is 4.77 Å². The van der Waals surface area contributed by atoms with Crippen LogP contribution in [0.2, 0.25) is 0 Å². The summed E-state index contributed by atoms with van der Waals surface area (Å²) in [5.41, 5.74) is 2.59. The lowest BCUT2D eigenvalue weighted by molar-refractivity contribution is 0.0733. The number of hydrogen-bond donors (Lipinski definition) is 1. The van der Waals surface area contributed by atoms with Crippen molar-refractivity contribution in [2.75, 3.05) is 6.54 Å². The molecule has 2 aromatic heterocycles. The predicted molar refractivity (Wildman–Crippen MR) is 98.2 cm³/mol. The van der Waals surface area contributed by atoms with E-state index >= 15 is 0 Å². The normalized spacial score (nSPS) is 17.0. The van der Waals surface area contributed by atoms with Crippen molar-refractivity contribution >= 4 is 18.1 Å². The quantitative estimate of drug-likeness (QED) is 0.729. The van der Waals surface area contributed by atoms with E-state index in [1.54, 1.807) is 12.4 Å². The van der Waals surface area contributed by atoms with Gasteiger partial charge in [0, 0.05) is 36.4 Å². The number of nitrogens with one attached hydrogen (secondary N) is 1. The van der Waals surface area contributed by atoms with Crippen molar-refractivity contribution in [1.82, 2.24) is 19.4 Å². The number of benzene rings is 1. The van der Waals surface area contributed by atoms with Gasteiger partial charge in [-0.3, -0.25) is 14.3 Å². The number of carbonyl (C=O) groups excluding carboxylic acids is 1. The summed E-state index contributed by atoms with van der Waals surface area (Å²) in [5, 5.41) is 0. The van der Waals surface area contributed by atoms with Gasteiger partial charge in [-0.2, -0.15) is 0 Å². The SMILES string of the molecule is O=C(c1ccc(-n2cc[nH]c2=S)cc1)N1CCC[C@@H]1c1ccccn1. The fourth-order valence-corrected chi connectivity index (χ4v) is 3.58. The zero-order valence-electron chi connectivity index (χ0n) is 13.6. The number of nitrogens with zero attached hydrogens (tertiary/aromatic N) is 3. The molecule has 0 saturated carbocycles. The largest absolute Gasteiger partial charge is 0.337 e. The molecule has 126 valence electrons. The van der Waals surface area contributed by atoms with E-state index in [1.165, 1.54) is 0 Å². The summed E-state index contributed by atoms with van der Waals surface area (Å²) in [4.78, 5) is 22.3. The van der Waals surface area contributed by atoms with Crippen molar-refractivity contribution in [2.45, 2.75) is 18.9 Å². The first-order valence-corrected chi connectivity index (χ1v) is 8.73. The van der Waals surface area contributed by atoms with E-state index in [0.717, 1.165) is 30.8 Å². The Morgan fingerprint density at radius 3 is 2.72 bits per heavy atom. The van der Waals surface area contributed by atoms with Gasteiger partial charge >= 0.3 is 0 Å². The van der Waals surface area contributed by atoms with Gasteiger partial charge in [0.1, 0.15) is 0 Å². The third kappa shape index (κ3) is 3.00. The Hall–Kier alpha value is -2.73. The van der Waals surface area contributed by atoms with Crippen LogP contribution in [-0.4, -0.2) is 31.9 Å². The van der Waals surface area contributed by atoms with Crippen molar-refractivity contribution in [3.8, 4) is 5.69 Å². The Labute approximate surface area is 151 Å². The molecule has 0 unspecified atom stereocenters. The van der Waals surface area contributed by atoms with E-state index in [-0.39, 0.29) is 11.9 Å². The van der Waals surface area contributed by atoms with Crippen LogP contribution in [0.3, 0.4) is 0 Å². The number of pyridine rings is 1. The standard InChI is InChI=1S/C19H18N4OS/c24-18(23-12-3-5-17(23)16-4-1-2-10-20-16)14-6-8-15(9-7-14)22-13-11-21-19(22)25/h1-2,4,6-11,13,17H,3,5,12H2,(H,21,25)/t17-/m1/s1. The van der Waals surface area contributed by atoms with Crippen molar-refractivity contribution in [1.29, 1.82) is 0 Å². The molecule has 1 aliphatic rings. The average Bonchev–Trinajstić information content (AvgIpc) is 3.31. The molecule has 0 bridgehead atoms. The van der Waals surface area contributed by atoms with Gasteiger partial charge in [0.25, 0.3) is 5.91 Å². The third-order valence-corrected chi connectivity index (χ3v) is 4.90. The second-order valence-electron chi connectivity index (χ2n) is 6.09. The summed E-state index contributed by atoms with van der Waals surface area (Å²) < 4.78 is 2.50. The molecule has 1 aliphatic heterocycles. The van der Waals surface area contributed by atoms with Crippen molar-refractivity contribution < 1.29 is 4.79 Å². The highest BCUT2D eigenvalue weighted by atomic mass is 32.1. The molecule has 1 atom stereocenters. The molecule has 25 heavy (non-hydrogen) atoms. The smallest absolute Gasteiger partial charge is 0.254 e. The van der Waals surface area contributed by atoms with E-state index in [9.17, 15) is 4.79 Å². The summed E-state index contributed by atoms with van der Waals surface area (Å²) in [7, 11) is 0. The third-order valence-electron chi connectivity index (χ3n) is 4.58. The molecule has 3 heterocycles. The summed E-state index contributed by atoms with van der Waals surface area (Å²) >= 11 is 5.23. The first-order valence-electron chi connectivity index (χ1n) is 8.32. The minimum atomic E-state index is 0.0531. The number of aromatic nitrogens is 3. The molecule has 6 heteroatoms. The van der Waals surface area contributed by atoms with E-state index in [4.69, 9.17) is 12.2 Å². The van der Waals surface area contributed by atoms with E-state index in [2.05, 4.69) is 9.97 Å². The van der Waals surface area contributed by atoms with Crippen LogP contribution in [0.1, 0.15) is 34.9 Å². The number of carbonyl (C=O) groups is 1. The summed E-state index contributed by atoms with van der Waals surface area (Å²) in [6, 6.07) is 13.5. The topological polar surface area (TPSA) is 53.9 Å². The number of amides is 1. The Balaban J connectivity index is 1.58. The lowest BCUT2D eigenvalue weighted by Crippen LogP contribution is -2.30. The van der Waals surface area contributed by atoms with Crippen molar-refractivity contribution in [3.05, 3.63) is 77.1 Å². The zero-order valence-corrected chi connectivity index (χ0v) is 14.4. The summed E-state index contributed by atoms with van der Waals surface area (Å²) in [6.45, 7) is 0.769. The highest BCUT2D eigenvalue weighted by molar-refractivity contribution is 7.71. The van der Waals surface area contributed by atoms with Crippen LogP contribution in [0, 0.1) is 4.77 Å². The molecule has 1 saturated heterocycles. The summed E-state index contributed by atoms with van der Waals surface area (Å²) in [5.74, 6) is 0.0531. The van der Waals surface area contributed by atoms with E-state index in [1.807, 2.05) is 58.1 Å². The number of likely N-dealkylation sites (tertiary alicyclic amines) is 1. The maximum atomic E-state index is 13.0. The van der Waals surface area contributed by atoms with Gasteiger partial charge < -0.3 is 9.88 Å². The molecule has 1 N–H and O–H groups in total. The van der Waals surface area contributed by atoms with Gasteiger partial charge in [-0.05, 0) is 61.5 Å². The monoisotopic (exact) mass is 350 g/mol. The second kappa shape index (κ2) is 6.64. The van der Waals surface area contributed by atoms with Crippen LogP contribution in [0.15, 0.2) is 61.1 Å². The molecule has 1 aromatic carbocycles. The van der Waals surface area contributed by atoms with Crippen molar-refractivity contribution in [2.24, 2.45) is 0 Å². The van der Waals surface area contributed by atoms with Crippen LogP contribution < -0.4 is 0 Å². The maximum Gasteiger partial charge on any atom is 0.254 e. The molecule has 0 radical (unpaired) electrons. The first-order chi connectivity index (χ1) is 12.2. The van der Waals surface area contributed by atoms with E-state index < -0.39 is 0 Å². The second-order valence-corrected chi connectivity index (χ2v) is 6.48. The number of hydrogen-bond acceptors (Lipinski definition) is 3. The fourth-order valence-electron chi connectivity index (χ4n) is 3.34. The molecule has 0 aliphatic carbocycles.